The second-order valence-electron chi connectivity index (χ2n) is 8.71. The molecule has 7 heteroatoms. The van der Waals surface area contributed by atoms with Crippen LogP contribution in [0.1, 0.15) is 59.4 Å². The second kappa shape index (κ2) is 16.4. The van der Waals surface area contributed by atoms with Crippen LogP contribution in [0.3, 0.4) is 0 Å². The number of aliphatic hydroxyl groups is 2. The van der Waals surface area contributed by atoms with Gasteiger partial charge in [-0.25, -0.2) is 9.78 Å². The van der Waals surface area contributed by atoms with Gasteiger partial charge in [0.1, 0.15) is 6.61 Å². The maximum Gasteiger partial charge on any atom is 0.259 e. The minimum atomic E-state index is -1.26. The van der Waals surface area contributed by atoms with E-state index in [4.69, 9.17) is 14.9 Å². The standard InChI is InChI=1S/C24H36N2O5.C3H8/c1-5-26(14-15-27)21-11-8-19(9-12-21)10-13-23(28)24(29)25(4)22(16-20-6-7-20)17-30-31-18(2)3;1-3-2/h8-13,16,18,20,23,27-28H,5-7,14-15,17H2,1-4H3;3H2,1-2H3/b13-10?,22-16+;. The van der Waals surface area contributed by atoms with Crippen molar-refractivity contribution >= 4 is 17.7 Å². The van der Waals surface area contributed by atoms with Gasteiger partial charge in [0.2, 0.25) is 0 Å². The van der Waals surface area contributed by atoms with Crippen molar-refractivity contribution in [2.24, 2.45) is 5.92 Å². The van der Waals surface area contributed by atoms with Crippen LogP contribution in [0.15, 0.2) is 42.1 Å². The summed E-state index contributed by atoms with van der Waals surface area (Å²) in [7, 11) is 1.64. The average molecular weight is 477 g/mol. The molecule has 0 aromatic heterocycles. The predicted octanol–water partition coefficient (Wildman–Crippen LogP) is 4.40. The Morgan fingerprint density at radius 2 is 1.79 bits per heavy atom. The first-order chi connectivity index (χ1) is 16.3. The molecule has 1 aromatic carbocycles. The summed E-state index contributed by atoms with van der Waals surface area (Å²) in [5.74, 6) is 0.0284. The summed E-state index contributed by atoms with van der Waals surface area (Å²) in [6, 6.07) is 7.76. The molecule has 2 rings (SSSR count). The van der Waals surface area contributed by atoms with Gasteiger partial charge in [0.25, 0.3) is 5.91 Å². The van der Waals surface area contributed by atoms with Crippen molar-refractivity contribution in [2.45, 2.75) is 66.1 Å². The molecule has 0 radical (unpaired) electrons. The number of amides is 1. The maximum absolute atomic E-state index is 12.7. The maximum atomic E-state index is 12.7. The highest BCUT2D eigenvalue weighted by Gasteiger charge is 2.25. The van der Waals surface area contributed by atoms with E-state index in [2.05, 4.69) is 18.7 Å². The fourth-order valence-electron chi connectivity index (χ4n) is 3.03. The molecule has 0 aliphatic heterocycles. The molecule has 1 saturated carbocycles. The normalized spacial score (nSPS) is 14.7. The molecule has 0 saturated heterocycles. The summed E-state index contributed by atoms with van der Waals surface area (Å²) in [5, 5.41) is 19.6. The van der Waals surface area contributed by atoms with Crippen LogP contribution in [0, 0.1) is 5.92 Å². The molecule has 1 unspecified atom stereocenters. The van der Waals surface area contributed by atoms with E-state index in [9.17, 15) is 9.90 Å². The molecule has 1 aromatic rings. The molecule has 1 aliphatic rings. The summed E-state index contributed by atoms with van der Waals surface area (Å²) in [6.45, 7) is 11.7. The minimum Gasteiger partial charge on any atom is -0.395 e. The summed E-state index contributed by atoms with van der Waals surface area (Å²) in [5.41, 5.74) is 2.58. The largest absolute Gasteiger partial charge is 0.395 e. The Bertz CT molecular complexity index is 757. The zero-order valence-electron chi connectivity index (χ0n) is 21.7. The second-order valence-corrected chi connectivity index (χ2v) is 8.71. The van der Waals surface area contributed by atoms with E-state index in [1.54, 1.807) is 13.1 Å². The van der Waals surface area contributed by atoms with E-state index in [1.807, 2.05) is 51.1 Å². The van der Waals surface area contributed by atoms with Crippen molar-refractivity contribution < 1.29 is 24.8 Å². The molecule has 7 nitrogen and oxygen atoms in total. The number of hydrogen-bond acceptors (Lipinski definition) is 6. The highest BCUT2D eigenvalue weighted by molar-refractivity contribution is 5.84. The first kappa shape index (κ1) is 29.8. The summed E-state index contributed by atoms with van der Waals surface area (Å²) < 4.78 is 0. The van der Waals surface area contributed by atoms with Gasteiger partial charge in [-0.05, 0) is 63.3 Å². The Morgan fingerprint density at radius 1 is 1.18 bits per heavy atom. The molecule has 1 aliphatic carbocycles. The lowest BCUT2D eigenvalue weighted by Gasteiger charge is -2.23. The Balaban J connectivity index is 0.00000182. The number of aliphatic hydroxyl groups excluding tert-OH is 2. The summed E-state index contributed by atoms with van der Waals surface area (Å²) in [6.07, 6.45) is 7.34. The van der Waals surface area contributed by atoms with E-state index in [1.165, 1.54) is 17.4 Å². The number of rotatable bonds is 13. The van der Waals surface area contributed by atoms with Crippen LogP contribution in [0.5, 0.6) is 0 Å². The highest BCUT2D eigenvalue weighted by Crippen LogP contribution is 2.32. The molecule has 2 N–H and O–H groups in total. The number of carbonyl (C=O) groups excluding carboxylic acids is 1. The van der Waals surface area contributed by atoms with Crippen LogP contribution >= 0.6 is 0 Å². The number of likely N-dealkylation sites (N-methyl/N-ethyl adjacent to an activating group) is 2. The van der Waals surface area contributed by atoms with Gasteiger partial charge in [-0.1, -0.05) is 44.6 Å². The molecule has 1 amide bonds. The van der Waals surface area contributed by atoms with Crippen molar-refractivity contribution in [1.29, 1.82) is 0 Å². The smallest absolute Gasteiger partial charge is 0.259 e. The van der Waals surface area contributed by atoms with E-state index >= 15 is 0 Å². The van der Waals surface area contributed by atoms with Gasteiger partial charge in [-0.2, -0.15) is 0 Å². The molecular formula is C27H44N2O5. The fourth-order valence-corrected chi connectivity index (χ4v) is 3.03. The van der Waals surface area contributed by atoms with Crippen molar-refractivity contribution in [3.8, 4) is 0 Å². The Morgan fingerprint density at radius 3 is 2.29 bits per heavy atom. The number of hydrogen-bond donors (Lipinski definition) is 2. The fraction of sp³-hybridized carbons (Fsp3) is 0.593. The molecular weight excluding hydrogens is 432 g/mol. The van der Waals surface area contributed by atoms with Gasteiger partial charge in [0.15, 0.2) is 6.10 Å². The van der Waals surface area contributed by atoms with Crippen molar-refractivity contribution in [3.05, 3.63) is 47.7 Å². The van der Waals surface area contributed by atoms with Gasteiger partial charge >= 0.3 is 0 Å². The van der Waals surface area contributed by atoms with Crippen molar-refractivity contribution in [2.75, 3.05) is 38.3 Å². The van der Waals surface area contributed by atoms with Crippen LogP contribution in [-0.4, -0.2) is 66.6 Å². The van der Waals surface area contributed by atoms with Crippen LogP contribution in [-0.2, 0) is 14.6 Å². The lowest BCUT2D eigenvalue weighted by atomic mass is 10.1. The van der Waals surface area contributed by atoms with E-state index in [0.717, 1.165) is 30.6 Å². The third-order valence-electron chi connectivity index (χ3n) is 5.01. The molecule has 0 heterocycles. The molecule has 192 valence electrons. The quantitative estimate of drug-likeness (QED) is 0.324. The first-order valence-corrected chi connectivity index (χ1v) is 12.4. The third-order valence-corrected chi connectivity index (χ3v) is 5.01. The van der Waals surface area contributed by atoms with Crippen LogP contribution in [0.25, 0.3) is 6.08 Å². The van der Waals surface area contributed by atoms with Gasteiger partial charge < -0.3 is 20.0 Å². The van der Waals surface area contributed by atoms with Gasteiger partial charge in [-0.3, -0.25) is 4.79 Å². The van der Waals surface area contributed by atoms with Crippen LogP contribution in [0.2, 0.25) is 0 Å². The summed E-state index contributed by atoms with van der Waals surface area (Å²) in [4.78, 5) is 26.6. The van der Waals surface area contributed by atoms with E-state index in [0.29, 0.717) is 18.2 Å². The lowest BCUT2D eigenvalue weighted by Crippen LogP contribution is -2.36. The van der Waals surface area contributed by atoms with Crippen molar-refractivity contribution in [1.82, 2.24) is 4.90 Å². The molecule has 0 bridgehead atoms. The molecule has 0 spiro atoms. The van der Waals surface area contributed by atoms with Crippen LogP contribution in [0.4, 0.5) is 5.69 Å². The molecule has 1 fully saturated rings. The van der Waals surface area contributed by atoms with Gasteiger partial charge in [-0.15, -0.1) is 0 Å². The monoisotopic (exact) mass is 476 g/mol. The number of nitrogens with zero attached hydrogens (tertiary/aromatic N) is 2. The topological polar surface area (TPSA) is 82.5 Å². The van der Waals surface area contributed by atoms with E-state index < -0.39 is 12.0 Å². The SMILES string of the molecule is CCC.CCN(CCO)c1ccc(C=CC(O)C(=O)N(C)/C(=C/C2CC2)COOC(C)C)cc1. The Labute approximate surface area is 205 Å². The highest BCUT2D eigenvalue weighted by atomic mass is 17.2. The number of benzene rings is 1. The Hall–Kier alpha value is -2.19. The van der Waals surface area contributed by atoms with Gasteiger partial charge in [0.05, 0.1) is 12.7 Å². The number of carbonyl (C=O) groups is 1. The lowest BCUT2D eigenvalue weighted by molar-refractivity contribution is -0.312. The van der Waals surface area contributed by atoms with Crippen molar-refractivity contribution in [3.63, 3.8) is 0 Å². The molecule has 1 atom stereocenters. The van der Waals surface area contributed by atoms with Crippen LogP contribution < -0.4 is 4.90 Å². The minimum absolute atomic E-state index is 0.0730. The zero-order chi connectivity index (χ0) is 25.5. The molecule has 34 heavy (non-hydrogen) atoms. The number of anilines is 1. The zero-order valence-corrected chi connectivity index (χ0v) is 21.7. The Kier molecular flexibility index (Phi) is 14.4. The number of allylic oxidation sites excluding steroid dienone is 1. The predicted molar refractivity (Wildman–Crippen MR) is 138 cm³/mol. The summed E-state index contributed by atoms with van der Waals surface area (Å²) >= 11 is 0. The van der Waals surface area contributed by atoms with Gasteiger partial charge in [0, 0.05) is 31.5 Å². The first-order valence-electron chi connectivity index (χ1n) is 12.4. The third kappa shape index (κ3) is 11.3. The van der Waals surface area contributed by atoms with E-state index in [-0.39, 0.29) is 19.3 Å². The average Bonchev–Trinajstić information content (AvgIpc) is 3.64.